The Morgan fingerprint density at radius 1 is 0.500 bits per heavy atom. The van der Waals surface area contributed by atoms with Crippen LogP contribution in [0.5, 0.6) is 0 Å². The smallest absolute Gasteiger partial charge is 0.249 e. The van der Waals surface area contributed by atoms with Crippen LogP contribution in [0.15, 0.2) is 36.5 Å². The second-order valence-electron chi connectivity index (χ2n) is 15.6. The van der Waals surface area contributed by atoms with Crippen molar-refractivity contribution in [3.8, 4) is 0 Å². The summed E-state index contributed by atoms with van der Waals surface area (Å²) >= 11 is 0. The SMILES string of the molecule is CC/C=C\C/C=C\CCCCCCCCCCCCCCCC(O)C(=O)NC(CO)C(O)/C=C/CCCCCCCCCCCCCCCCCC. The lowest BCUT2D eigenvalue weighted by Crippen LogP contribution is -2.48. The highest BCUT2D eigenvalue weighted by Crippen LogP contribution is 2.16. The molecule has 0 spiro atoms. The van der Waals surface area contributed by atoms with E-state index < -0.39 is 24.2 Å². The van der Waals surface area contributed by atoms with Crippen LogP contribution in [-0.2, 0) is 4.79 Å². The van der Waals surface area contributed by atoms with Gasteiger partial charge in [0.25, 0.3) is 0 Å². The Labute approximate surface area is 324 Å². The van der Waals surface area contributed by atoms with Gasteiger partial charge in [-0.15, -0.1) is 0 Å². The average molecular weight is 732 g/mol. The molecular formula is C47H89NO4. The van der Waals surface area contributed by atoms with Gasteiger partial charge in [-0.1, -0.05) is 224 Å². The normalized spacial score (nSPS) is 13.9. The van der Waals surface area contributed by atoms with E-state index in [0.717, 1.165) is 44.9 Å². The van der Waals surface area contributed by atoms with Crippen LogP contribution in [0.3, 0.4) is 0 Å². The maximum Gasteiger partial charge on any atom is 0.249 e. The van der Waals surface area contributed by atoms with Gasteiger partial charge in [0.1, 0.15) is 6.10 Å². The molecule has 1 amide bonds. The zero-order chi connectivity index (χ0) is 38.0. The van der Waals surface area contributed by atoms with Crippen LogP contribution < -0.4 is 5.32 Å². The van der Waals surface area contributed by atoms with Gasteiger partial charge < -0.3 is 20.6 Å². The minimum atomic E-state index is -1.10. The standard InChI is InChI=1S/C47H89NO4/c1-3-5-7-9-11-13-15-17-19-21-23-24-26-28-30-32-34-36-38-40-42-46(51)47(52)48-44(43-49)45(50)41-39-37-35-33-31-29-27-25-22-20-18-16-14-12-10-8-6-4-2/h5,7,11,13,39,41,44-46,49-51H,3-4,6,8-10,12,14-38,40,42-43H2,1-2H3,(H,48,52)/b7-5-,13-11-,41-39+. The molecule has 5 nitrogen and oxygen atoms in total. The minimum Gasteiger partial charge on any atom is -0.394 e. The zero-order valence-corrected chi connectivity index (χ0v) is 34.7. The number of aliphatic hydroxyl groups is 3. The first-order valence-electron chi connectivity index (χ1n) is 22.8. The number of carbonyl (C=O) groups excluding carboxylic acids is 1. The van der Waals surface area contributed by atoms with E-state index in [-0.39, 0.29) is 6.61 Å². The molecule has 3 unspecified atom stereocenters. The van der Waals surface area contributed by atoms with E-state index in [2.05, 4.69) is 43.5 Å². The molecule has 0 bridgehead atoms. The van der Waals surface area contributed by atoms with Gasteiger partial charge in [0.15, 0.2) is 0 Å². The molecule has 0 aliphatic heterocycles. The zero-order valence-electron chi connectivity index (χ0n) is 34.7. The second kappa shape index (κ2) is 42.3. The van der Waals surface area contributed by atoms with Crippen molar-refractivity contribution >= 4 is 5.91 Å². The highest BCUT2D eigenvalue weighted by atomic mass is 16.3. The number of nitrogens with one attached hydrogen (secondary N) is 1. The Kier molecular flexibility index (Phi) is 41.1. The van der Waals surface area contributed by atoms with Gasteiger partial charge in [0.05, 0.1) is 18.8 Å². The van der Waals surface area contributed by atoms with Crippen molar-refractivity contribution in [3.05, 3.63) is 36.5 Å². The van der Waals surface area contributed by atoms with Gasteiger partial charge in [-0.25, -0.2) is 0 Å². The highest BCUT2D eigenvalue weighted by molar-refractivity contribution is 5.80. The first-order valence-corrected chi connectivity index (χ1v) is 22.8. The second-order valence-corrected chi connectivity index (χ2v) is 15.6. The Balaban J connectivity index is 3.64. The topological polar surface area (TPSA) is 89.8 Å². The van der Waals surface area contributed by atoms with Gasteiger partial charge in [-0.2, -0.15) is 0 Å². The van der Waals surface area contributed by atoms with Gasteiger partial charge in [0, 0.05) is 0 Å². The van der Waals surface area contributed by atoms with Crippen molar-refractivity contribution in [2.75, 3.05) is 6.61 Å². The number of rotatable bonds is 41. The molecule has 306 valence electrons. The summed E-state index contributed by atoms with van der Waals surface area (Å²) in [6, 6.07) is -0.797. The largest absolute Gasteiger partial charge is 0.394 e. The lowest BCUT2D eigenvalue weighted by atomic mass is 10.0. The van der Waals surface area contributed by atoms with E-state index in [1.165, 1.54) is 167 Å². The van der Waals surface area contributed by atoms with Crippen molar-refractivity contribution in [1.82, 2.24) is 5.32 Å². The van der Waals surface area contributed by atoms with Gasteiger partial charge in [-0.3, -0.25) is 4.79 Å². The third-order valence-electron chi connectivity index (χ3n) is 10.5. The summed E-state index contributed by atoms with van der Waals surface area (Å²) in [7, 11) is 0. The van der Waals surface area contributed by atoms with Crippen molar-refractivity contribution in [2.45, 2.75) is 250 Å². The molecule has 0 saturated heterocycles. The number of amides is 1. The maximum absolute atomic E-state index is 12.5. The van der Waals surface area contributed by atoms with Crippen LogP contribution in [0.4, 0.5) is 0 Å². The third kappa shape index (κ3) is 36.9. The molecule has 0 aromatic heterocycles. The van der Waals surface area contributed by atoms with Crippen LogP contribution >= 0.6 is 0 Å². The monoisotopic (exact) mass is 732 g/mol. The molecule has 0 heterocycles. The number of unbranched alkanes of at least 4 members (excludes halogenated alkanes) is 29. The molecule has 0 aromatic rings. The molecule has 0 aliphatic rings. The molecule has 0 aliphatic carbocycles. The molecule has 5 heteroatoms. The van der Waals surface area contributed by atoms with Crippen LogP contribution in [0.1, 0.15) is 232 Å². The molecule has 4 N–H and O–H groups in total. The average Bonchev–Trinajstić information content (AvgIpc) is 3.15. The Morgan fingerprint density at radius 3 is 1.31 bits per heavy atom. The molecule has 0 radical (unpaired) electrons. The van der Waals surface area contributed by atoms with E-state index >= 15 is 0 Å². The number of aliphatic hydroxyl groups excluding tert-OH is 3. The molecule has 0 saturated carbocycles. The van der Waals surface area contributed by atoms with E-state index in [1.54, 1.807) is 6.08 Å². The summed E-state index contributed by atoms with van der Waals surface area (Å²) in [6.07, 6.45) is 53.2. The number of hydrogen-bond donors (Lipinski definition) is 4. The predicted molar refractivity (Wildman–Crippen MR) is 227 cm³/mol. The van der Waals surface area contributed by atoms with E-state index in [9.17, 15) is 20.1 Å². The molecule has 3 atom stereocenters. The fourth-order valence-corrected chi connectivity index (χ4v) is 6.93. The summed E-state index contributed by atoms with van der Waals surface area (Å²) in [5.41, 5.74) is 0. The van der Waals surface area contributed by atoms with Gasteiger partial charge in [0.2, 0.25) is 5.91 Å². The predicted octanol–water partition coefficient (Wildman–Crippen LogP) is 13.2. The molecular weight excluding hydrogens is 643 g/mol. The van der Waals surface area contributed by atoms with Crippen LogP contribution in [0.25, 0.3) is 0 Å². The van der Waals surface area contributed by atoms with Crippen molar-refractivity contribution in [2.24, 2.45) is 0 Å². The van der Waals surface area contributed by atoms with Gasteiger partial charge in [-0.05, 0) is 44.9 Å². The van der Waals surface area contributed by atoms with Crippen molar-refractivity contribution in [3.63, 3.8) is 0 Å². The Morgan fingerprint density at radius 2 is 0.885 bits per heavy atom. The van der Waals surface area contributed by atoms with Gasteiger partial charge >= 0.3 is 0 Å². The fraction of sp³-hybridized carbons (Fsp3) is 0.851. The summed E-state index contributed by atoms with van der Waals surface area (Å²) in [6.45, 7) is 4.09. The molecule has 0 fully saturated rings. The lowest BCUT2D eigenvalue weighted by molar-refractivity contribution is -0.131. The molecule has 0 aromatic carbocycles. The minimum absolute atomic E-state index is 0.363. The molecule has 52 heavy (non-hydrogen) atoms. The Bertz CT molecular complexity index is 809. The van der Waals surface area contributed by atoms with E-state index in [0.29, 0.717) is 6.42 Å². The maximum atomic E-state index is 12.5. The number of allylic oxidation sites excluding steroid dienone is 5. The summed E-state index contributed by atoms with van der Waals surface area (Å²) in [5.74, 6) is -0.503. The summed E-state index contributed by atoms with van der Waals surface area (Å²) in [4.78, 5) is 12.5. The fourth-order valence-electron chi connectivity index (χ4n) is 6.93. The third-order valence-corrected chi connectivity index (χ3v) is 10.5. The lowest BCUT2D eigenvalue weighted by Gasteiger charge is -2.21. The summed E-state index contributed by atoms with van der Waals surface area (Å²) < 4.78 is 0. The van der Waals surface area contributed by atoms with E-state index in [1.807, 2.05) is 6.08 Å². The van der Waals surface area contributed by atoms with Crippen molar-refractivity contribution in [1.29, 1.82) is 0 Å². The van der Waals surface area contributed by atoms with Crippen LogP contribution in [-0.4, -0.2) is 46.1 Å². The summed E-state index contributed by atoms with van der Waals surface area (Å²) in [5, 5.41) is 33.2. The number of hydrogen-bond acceptors (Lipinski definition) is 4. The molecule has 0 rings (SSSR count). The van der Waals surface area contributed by atoms with Crippen LogP contribution in [0, 0.1) is 0 Å². The first kappa shape index (κ1) is 50.6. The first-order chi connectivity index (χ1) is 25.6. The van der Waals surface area contributed by atoms with Crippen LogP contribution in [0.2, 0.25) is 0 Å². The quantitative estimate of drug-likeness (QED) is 0.0372. The van der Waals surface area contributed by atoms with E-state index in [4.69, 9.17) is 0 Å². The highest BCUT2D eigenvalue weighted by Gasteiger charge is 2.22. The van der Waals surface area contributed by atoms with Crippen molar-refractivity contribution < 1.29 is 20.1 Å². The number of carbonyl (C=O) groups is 1. The Hall–Kier alpha value is -1.43.